The molecule has 0 aromatic heterocycles. The van der Waals surface area contributed by atoms with Crippen molar-refractivity contribution in [3.05, 3.63) is 0 Å². The van der Waals surface area contributed by atoms with Crippen molar-refractivity contribution in [1.29, 1.82) is 0 Å². The Kier molecular flexibility index (Phi) is 2.48. The van der Waals surface area contributed by atoms with Crippen LogP contribution in [0.4, 0.5) is 0 Å². The third-order valence-electron chi connectivity index (χ3n) is 1.72. The Morgan fingerprint density at radius 1 is 1.27 bits per heavy atom. The first-order valence-corrected chi connectivity index (χ1v) is 7.07. The zero-order chi connectivity index (χ0) is 7.57. The molecule has 0 aromatic carbocycles. The van der Waals surface area contributed by atoms with E-state index in [0.29, 0.717) is 0 Å². The minimum absolute atomic E-state index is 0.883. The van der Waals surface area contributed by atoms with Crippen molar-refractivity contribution in [3.63, 3.8) is 0 Å². The molecule has 0 aromatic rings. The van der Waals surface area contributed by atoms with Gasteiger partial charge in [-0.15, -0.1) is 0 Å². The van der Waals surface area contributed by atoms with Gasteiger partial charge in [-0.05, 0) is 12.8 Å². The number of hydrogen-bond donors (Lipinski definition) is 1. The van der Waals surface area contributed by atoms with Crippen molar-refractivity contribution < 1.29 is 0 Å². The summed E-state index contributed by atoms with van der Waals surface area (Å²) in [6.45, 7) is 1.09. The maximum Gasteiger partial charge on any atom is 0.161 e. The highest BCUT2D eigenvalue weighted by Gasteiger charge is 2.21. The lowest BCUT2D eigenvalue weighted by atomic mass is 10.3. The minimum Gasteiger partial charge on any atom is -0.265 e. The molecule has 60 valence electrons. The highest BCUT2D eigenvalue weighted by molar-refractivity contribution is 7.71. The molecular weight excluding hydrogens is 197 g/mol. The molecule has 0 bridgehead atoms. The van der Waals surface area contributed by atoms with E-state index in [1.165, 1.54) is 12.8 Å². The molecule has 1 N–H and O–H groups in total. The van der Waals surface area contributed by atoms with Gasteiger partial charge in [0.15, 0.2) is 24.4 Å². The Morgan fingerprint density at radius 3 is 2.91 bits per heavy atom. The van der Waals surface area contributed by atoms with E-state index in [-0.39, 0.29) is 0 Å². The maximum atomic E-state index is 4.45. The number of hydrogen-bond acceptors (Lipinski definition) is 4. The largest absolute Gasteiger partial charge is 0.265 e. The molecule has 0 aliphatic carbocycles. The van der Waals surface area contributed by atoms with Crippen LogP contribution < -0.4 is 5.09 Å². The van der Waals surface area contributed by atoms with Crippen LogP contribution in [0.1, 0.15) is 12.8 Å². The summed E-state index contributed by atoms with van der Waals surface area (Å²) in [4.78, 5) is 0. The maximum absolute atomic E-state index is 4.45. The second kappa shape index (κ2) is 3.41. The van der Waals surface area contributed by atoms with E-state index in [0.717, 1.165) is 29.8 Å². The van der Waals surface area contributed by atoms with Crippen LogP contribution in [0, 0.1) is 0 Å². The van der Waals surface area contributed by atoms with E-state index >= 15 is 0 Å². The van der Waals surface area contributed by atoms with Gasteiger partial charge in [-0.25, -0.2) is 0 Å². The molecule has 4 nitrogen and oxygen atoms in total. The van der Waals surface area contributed by atoms with Gasteiger partial charge in [0.05, 0.1) is 0 Å². The van der Waals surface area contributed by atoms with Gasteiger partial charge in [-0.2, -0.15) is 13.5 Å². The zero-order valence-corrected chi connectivity index (χ0v) is 8.69. The van der Waals surface area contributed by atoms with Crippen molar-refractivity contribution in [2.24, 2.45) is 13.5 Å². The molecule has 7 heteroatoms. The zero-order valence-electron chi connectivity index (χ0n) is 6.01. The van der Waals surface area contributed by atoms with Gasteiger partial charge < -0.3 is 0 Å². The molecule has 2 aliphatic rings. The fourth-order valence-corrected chi connectivity index (χ4v) is 6.31. The number of nitrogens with one attached hydrogen (secondary N) is 1. The van der Waals surface area contributed by atoms with Gasteiger partial charge in [0.1, 0.15) is 0 Å². The second-order valence-electron chi connectivity index (χ2n) is 2.52. The normalized spacial score (nSPS) is 38.5. The van der Waals surface area contributed by atoms with Crippen molar-refractivity contribution in [2.75, 3.05) is 12.7 Å². The summed E-state index contributed by atoms with van der Waals surface area (Å²) in [7, 11) is 0.363. The lowest BCUT2D eigenvalue weighted by molar-refractivity contribution is 0.732. The van der Waals surface area contributed by atoms with Crippen molar-refractivity contribution in [2.45, 2.75) is 12.8 Å². The van der Waals surface area contributed by atoms with Crippen LogP contribution in [0.15, 0.2) is 13.5 Å². The molecular formula is C4H9N4P3. The Bertz CT molecular complexity index is 248. The summed E-state index contributed by atoms with van der Waals surface area (Å²) in [6.07, 6.45) is 3.71. The predicted molar refractivity (Wildman–Crippen MR) is 50.1 cm³/mol. The Hall–Kier alpha value is 0.390. The van der Waals surface area contributed by atoms with Crippen molar-refractivity contribution in [3.8, 4) is 0 Å². The average molecular weight is 206 g/mol. The van der Waals surface area contributed by atoms with E-state index in [1.807, 2.05) is 0 Å². The minimum atomic E-state index is -1.40. The summed E-state index contributed by atoms with van der Waals surface area (Å²) in [5, 5.41) is 3.44. The lowest BCUT2D eigenvalue weighted by Gasteiger charge is -2.24. The number of rotatable bonds is 0. The van der Waals surface area contributed by atoms with Gasteiger partial charge in [0.2, 0.25) is 0 Å². The molecule has 1 atom stereocenters. The predicted octanol–water partition coefficient (Wildman–Crippen LogP) is 3.50. The first kappa shape index (κ1) is 8.01. The molecule has 11 heavy (non-hydrogen) atoms. The molecule has 0 saturated carbocycles. The van der Waals surface area contributed by atoms with Crippen molar-refractivity contribution in [1.82, 2.24) is 5.09 Å². The lowest BCUT2D eigenvalue weighted by Crippen LogP contribution is -2.18. The van der Waals surface area contributed by atoms with Crippen LogP contribution >= 0.6 is 24.4 Å². The SMILES string of the molecule is C1CCP2(=NP=NP=N2)NC1. The molecule has 0 radical (unpaired) electrons. The van der Waals surface area contributed by atoms with Crippen LogP contribution in [0.2, 0.25) is 0 Å². The van der Waals surface area contributed by atoms with Crippen LogP contribution in [0.5, 0.6) is 0 Å². The summed E-state index contributed by atoms with van der Waals surface area (Å²) >= 11 is 0. The van der Waals surface area contributed by atoms with Crippen LogP contribution in [0.3, 0.4) is 0 Å². The average Bonchev–Trinajstić information content (AvgIpc) is 2.07. The molecule has 1 saturated heterocycles. The van der Waals surface area contributed by atoms with Crippen LogP contribution in [0.25, 0.3) is 0 Å². The van der Waals surface area contributed by atoms with Gasteiger partial charge in [-0.1, -0.05) is 0 Å². The van der Waals surface area contributed by atoms with Gasteiger partial charge >= 0.3 is 0 Å². The standard InChI is InChI=1S/C4H9N4P3/c1-2-4-11(5-3-1)7-9-6-10-8-11/h5H,1-4H2. The fourth-order valence-electron chi connectivity index (χ4n) is 1.15. The van der Waals surface area contributed by atoms with E-state index in [4.69, 9.17) is 0 Å². The third kappa shape index (κ3) is 1.76. The highest BCUT2D eigenvalue weighted by Crippen LogP contribution is 2.56. The quantitative estimate of drug-likeness (QED) is 0.605. The molecule has 0 amide bonds. The second-order valence-corrected chi connectivity index (χ2v) is 7.25. The molecule has 2 aliphatic heterocycles. The molecule has 1 fully saturated rings. The van der Waals surface area contributed by atoms with E-state index in [1.54, 1.807) is 0 Å². The first-order chi connectivity index (χ1) is 5.41. The van der Waals surface area contributed by atoms with Gasteiger partial charge in [0.25, 0.3) is 0 Å². The smallest absolute Gasteiger partial charge is 0.161 e. The Labute approximate surface area is 69.2 Å². The van der Waals surface area contributed by atoms with E-state index < -0.39 is 7.36 Å². The topological polar surface area (TPSA) is 49.1 Å². The van der Waals surface area contributed by atoms with Gasteiger partial charge in [-0.3, -0.25) is 5.09 Å². The Morgan fingerprint density at radius 2 is 2.27 bits per heavy atom. The Balaban J connectivity index is 2.26. The first-order valence-electron chi connectivity index (χ1n) is 3.59. The summed E-state index contributed by atoms with van der Waals surface area (Å²) < 4.78 is 12.9. The molecule has 1 spiro atoms. The van der Waals surface area contributed by atoms with E-state index in [2.05, 4.69) is 18.6 Å². The molecule has 2 heterocycles. The van der Waals surface area contributed by atoms with Crippen molar-refractivity contribution >= 4 is 24.4 Å². The van der Waals surface area contributed by atoms with E-state index in [9.17, 15) is 0 Å². The molecule has 1 unspecified atom stereocenters. The van der Waals surface area contributed by atoms with Gasteiger partial charge in [0, 0.05) is 12.7 Å². The summed E-state index contributed by atoms with van der Waals surface area (Å²) in [5.74, 6) is 0. The monoisotopic (exact) mass is 206 g/mol. The highest BCUT2D eigenvalue weighted by atomic mass is 31.2. The summed E-state index contributed by atoms with van der Waals surface area (Å²) in [6, 6.07) is 0. The van der Waals surface area contributed by atoms with Crippen LogP contribution in [-0.4, -0.2) is 12.7 Å². The third-order valence-corrected chi connectivity index (χ3v) is 7.04. The summed E-state index contributed by atoms with van der Waals surface area (Å²) in [5.41, 5.74) is 0. The molecule has 2 rings (SSSR count). The van der Waals surface area contributed by atoms with Crippen LogP contribution in [-0.2, 0) is 0 Å². The number of nitrogens with zero attached hydrogens (tertiary/aromatic N) is 3. The fraction of sp³-hybridized carbons (Fsp3) is 1.00.